The molecular formula is C19H27NO5. The number of carboxylic acid groups (broad SMARTS) is 2. The predicted molar refractivity (Wildman–Crippen MR) is 94.1 cm³/mol. The van der Waals surface area contributed by atoms with E-state index in [1.165, 1.54) is 13.8 Å². The normalized spacial score (nSPS) is 13.7. The van der Waals surface area contributed by atoms with Gasteiger partial charge in [0.15, 0.2) is 0 Å². The Bertz CT molecular complexity index is 597. The van der Waals surface area contributed by atoms with Crippen LogP contribution >= 0.6 is 0 Å². The summed E-state index contributed by atoms with van der Waals surface area (Å²) < 4.78 is 0. The molecule has 2 atom stereocenters. The number of carboxylic acids is 2. The molecule has 0 spiro atoms. The zero-order chi connectivity index (χ0) is 19.0. The number of aliphatic carboxylic acids is 2. The largest absolute Gasteiger partial charge is 0.481 e. The molecule has 0 aliphatic heterocycles. The van der Waals surface area contributed by atoms with E-state index in [1.807, 2.05) is 30.3 Å². The highest BCUT2D eigenvalue weighted by atomic mass is 16.4. The van der Waals surface area contributed by atoms with Crippen LogP contribution in [-0.4, -0.2) is 34.1 Å². The fourth-order valence-corrected chi connectivity index (χ4v) is 2.43. The molecule has 0 saturated carbocycles. The van der Waals surface area contributed by atoms with Gasteiger partial charge in [-0.1, -0.05) is 30.3 Å². The quantitative estimate of drug-likeness (QED) is 0.602. The third-order valence-corrected chi connectivity index (χ3v) is 4.65. The van der Waals surface area contributed by atoms with Crippen molar-refractivity contribution in [2.75, 3.05) is 0 Å². The Morgan fingerprint density at radius 3 is 2.24 bits per heavy atom. The minimum absolute atomic E-state index is 0.263. The van der Waals surface area contributed by atoms with E-state index in [-0.39, 0.29) is 6.42 Å². The van der Waals surface area contributed by atoms with E-state index in [9.17, 15) is 19.5 Å². The lowest BCUT2D eigenvalue weighted by molar-refractivity contribution is -0.149. The van der Waals surface area contributed by atoms with Gasteiger partial charge in [0.05, 0.1) is 11.8 Å². The first-order valence-corrected chi connectivity index (χ1v) is 8.44. The van der Waals surface area contributed by atoms with Crippen molar-refractivity contribution in [3.05, 3.63) is 35.9 Å². The van der Waals surface area contributed by atoms with Crippen molar-refractivity contribution in [2.45, 2.75) is 52.5 Å². The van der Waals surface area contributed by atoms with E-state index in [1.54, 1.807) is 6.92 Å². The van der Waals surface area contributed by atoms with E-state index in [0.717, 1.165) is 12.0 Å². The second-order valence-corrected chi connectivity index (χ2v) is 6.93. The van der Waals surface area contributed by atoms with Crippen molar-refractivity contribution in [1.29, 1.82) is 0 Å². The van der Waals surface area contributed by atoms with Crippen LogP contribution in [0.4, 0.5) is 0 Å². The molecule has 1 aromatic carbocycles. The Hall–Kier alpha value is -2.37. The van der Waals surface area contributed by atoms with Gasteiger partial charge in [0.25, 0.3) is 0 Å². The Labute approximate surface area is 148 Å². The first-order valence-electron chi connectivity index (χ1n) is 8.44. The van der Waals surface area contributed by atoms with Gasteiger partial charge in [-0.05, 0) is 45.6 Å². The number of carbonyl (C=O) groups is 3. The van der Waals surface area contributed by atoms with Crippen LogP contribution in [0.25, 0.3) is 0 Å². The molecular weight excluding hydrogens is 322 g/mol. The Kier molecular flexibility index (Phi) is 7.61. The Balaban J connectivity index is 2.65. The maximum absolute atomic E-state index is 12.4. The van der Waals surface area contributed by atoms with Gasteiger partial charge in [-0.2, -0.15) is 0 Å². The van der Waals surface area contributed by atoms with Gasteiger partial charge in [-0.3, -0.25) is 14.4 Å². The number of aryl methyl sites for hydroxylation is 1. The van der Waals surface area contributed by atoms with Crippen LogP contribution in [0.15, 0.2) is 30.3 Å². The third kappa shape index (κ3) is 6.57. The fraction of sp³-hybridized carbons (Fsp3) is 0.526. The first kappa shape index (κ1) is 20.7. The van der Waals surface area contributed by atoms with E-state index < -0.39 is 35.2 Å². The minimum atomic E-state index is -1.13. The van der Waals surface area contributed by atoms with Gasteiger partial charge in [0.2, 0.25) is 5.91 Å². The van der Waals surface area contributed by atoms with E-state index >= 15 is 0 Å². The van der Waals surface area contributed by atoms with Gasteiger partial charge < -0.3 is 15.5 Å². The maximum Gasteiger partial charge on any atom is 0.311 e. The average molecular weight is 349 g/mol. The van der Waals surface area contributed by atoms with Crippen LogP contribution in [0.3, 0.4) is 0 Å². The Morgan fingerprint density at radius 2 is 1.72 bits per heavy atom. The molecule has 25 heavy (non-hydrogen) atoms. The molecule has 1 amide bonds. The van der Waals surface area contributed by atoms with Gasteiger partial charge in [0.1, 0.15) is 0 Å². The van der Waals surface area contributed by atoms with Gasteiger partial charge in [-0.15, -0.1) is 0 Å². The number of rotatable bonds is 10. The maximum atomic E-state index is 12.4. The predicted octanol–water partition coefficient (Wildman–Crippen LogP) is 2.72. The van der Waals surface area contributed by atoms with Gasteiger partial charge in [0, 0.05) is 12.0 Å². The molecule has 0 heterocycles. The monoisotopic (exact) mass is 349 g/mol. The molecule has 138 valence electrons. The van der Waals surface area contributed by atoms with Crippen molar-refractivity contribution in [3.63, 3.8) is 0 Å². The summed E-state index contributed by atoms with van der Waals surface area (Å²) in [4.78, 5) is 34.8. The minimum Gasteiger partial charge on any atom is -0.481 e. The van der Waals surface area contributed by atoms with E-state index in [4.69, 9.17) is 5.11 Å². The number of nitrogens with one attached hydrogen (secondary N) is 1. The molecule has 6 nitrogen and oxygen atoms in total. The highest BCUT2D eigenvalue weighted by Crippen LogP contribution is 2.22. The third-order valence-electron chi connectivity index (χ3n) is 4.65. The first-order chi connectivity index (χ1) is 11.6. The highest BCUT2D eigenvalue weighted by Gasteiger charge is 2.36. The number of amides is 1. The van der Waals surface area contributed by atoms with Crippen molar-refractivity contribution in [2.24, 2.45) is 11.3 Å². The lowest BCUT2D eigenvalue weighted by atomic mass is 9.85. The zero-order valence-corrected chi connectivity index (χ0v) is 15.0. The molecule has 3 N–H and O–H groups in total. The number of hydrogen-bond donors (Lipinski definition) is 3. The summed E-state index contributed by atoms with van der Waals surface area (Å²) in [5.74, 6) is -3.13. The molecule has 1 aromatic rings. The molecule has 0 radical (unpaired) electrons. The number of carbonyl (C=O) groups excluding carboxylic acids is 1. The molecule has 0 aromatic heterocycles. The number of hydrogen-bond acceptors (Lipinski definition) is 3. The van der Waals surface area contributed by atoms with Crippen LogP contribution in [0, 0.1) is 11.3 Å². The summed E-state index contributed by atoms with van der Waals surface area (Å²) in [6.45, 7) is 4.68. The SMILES string of the molecule is CC(NC(=O)C(CCCc1ccccc1)CC(=O)O)C(C)(C)C(=O)O. The summed E-state index contributed by atoms with van der Waals surface area (Å²) in [5, 5.41) is 21.0. The Morgan fingerprint density at radius 1 is 1.12 bits per heavy atom. The van der Waals surface area contributed by atoms with Crippen LogP contribution < -0.4 is 5.32 Å². The van der Waals surface area contributed by atoms with E-state index in [0.29, 0.717) is 12.8 Å². The number of benzene rings is 1. The standard InChI is InChI=1S/C19H27NO5/c1-13(19(2,3)18(24)25)20-17(23)15(12-16(21)22)11-7-10-14-8-5-4-6-9-14/h4-6,8-9,13,15H,7,10-12H2,1-3H3,(H,20,23)(H,21,22)(H,24,25). The summed E-state index contributed by atoms with van der Waals surface area (Å²) in [7, 11) is 0. The summed E-state index contributed by atoms with van der Waals surface area (Å²) >= 11 is 0. The van der Waals surface area contributed by atoms with Gasteiger partial charge in [-0.25, -0.2) is 0 Å². The molecule has 6 heteroatoms. The molecule has 0 aliphatic rings. The van der Waals surface area contributed by atoms with Crippen LogP contribution in [0.1, 0.15) is 45.6 Å². The highest BCUT2D eigenvalue weighted by molar-refractivity contribution is 5.84. The van der Waals surface area contributed by atoms with Crippen molar-refractivity contribution >= 4 is 17.8 Å². The zero-order valence-electron chi connectivity index (χ0n) is 15.0. The molecule has 0 aliphatic carbocycles. The topological polar surface area (TPSA) is 104 Å². The van der Waals surface area contributed by atoms with Crippen molar-refractivity contribution in [3.8, 4) is 0 Å². The van der Waals surface area contributed by atoms with Crippen molar-refractivity contribution < 1.29 is 24.6 Å². The van der Waals surface area contributed by atoms with Gasteiger partial charge >= 0.3 is 11.9 Å². The fourth-order valence-electron chi connectivity index (χ4n) is 2.43. The van der Waals surface area contributed by atoms with Crippen LogP contribution in [0.5, 0.6) is 0 Å². The summed E-state index contributed by atoms with van der Waals surface area (Å²) in [6.07, 6.45) is 1.63. The van der Waals surface area contributed by atoms with Crippen molar-refractivity contribution in [1.82, 2.24) is 5.32 Å². The van der Waals surface area contributed by atoms with Crippen LogP contribution in [0.2, 0.25) is 0 Å². The molecule has 0 fully saturated rings. The second kappa shape index (κ2) is 9.20. The molecule has 0 saturated heterocycles. The summed E-state index contributed by atoms with van der Waals surface area (Å²) in [6, 6.07) is 9.17. The smallest absolute Gasteiger partial charge is 0.311 e. The van der Waals surface area contributed by atoms with Crippen LogP contribution in [-0.2, 0) is 20.8 Å². The molecule has 0 bridgehead atoms. The summed E-state index contributed by atoms with van der Waals surface area (Å²) in [5.41, 5.74) is 0.00497. The van der Waals surface area contributed by atoms with E-state index in [2.05, 4.69) is 5.32 Å². The second-order valence-electron chi connectivity index (χ2n) is 6.93. The lowest BCUT2D eigenvalue weighted by Gasteiger charge is -2.29. The average Bonchev–Trinajstić information content (AvgIpc) is 2.54. The molecule has 2 unspecified atom stereocenters. The lowest BCUT2D eigenvalue weighted by Crippen LogP contribution is -2.49. The molecule has 1 rings (SSSR count).